The number of carbonyl (C=O) groups excluding carboxylic acids is 1. The first-order valence-electron chi connectivity index (χ1n) is 8.28. The summed E-state index contributed by atoms with van der Waals surface area (Å²) in [6, 6.07) is 3.35. The Morgan fingerprint density at radius 1 is 1.26 bits per heavy atom. The monoisotopic (exact) mass is 340 g/mol. The third-order valence-corrected chi connectivity index (χ3v) is 6.43. The Hall–Kier alpha value is -1.50. The lowest BCUT2D eigenvalue weighted by molar-refractivity contribution is 0.163. The Bertz CT molecular complexity index is 667. The van der Waals surface area contributed by atoms with E-state index in [0.29, 0.717) is 13.0 Å². The van der Waals surface area contributed by atoms with Gasteiger partial charge in [0.15, 0.2) is 9.84 Å². The normalized spacial score (nSPS) is 27.6. The fourth-order valence-electron chi connectivity index (χ4n) is 3.45. The topological polar surface area (TPSA) is 79.6 Å². The van der Waals surface area contributed by atoms with Crippen molar-refractivity contribution in [2.24, 2.45) is 0 Å². The van der Waals surface area contributed by atoms with Crippen molar-refractivity contribution in [3.8, 4) is 0 Å². The molecule has 0 spiro atoms. The highest BCUT2D eigenvalue weighted by Crippen LogP contribution is 2.31. The molecule has 3 heterocycles. The standard InChI is InChI=1S/C16H24N2O4S/c1-12-6-7-15(22-12)14-5-3-2-4-9-18(14)16(19)17-13-8-10-23(20,21)11-13/h6-7,13-14H,2-5,8-11H2,1H3,(H,17,19)/t13-,14+/m1/s1. The molecule has 2 fully saturated rings. The molecule has 1 aromatic heterocycles. The average Bonchev–Trinajstić information content (AvgIpc) is 2.95. The quantitative estimate of drug-likeness (QED) is 0.896. The van der Waals surface area contributed by atoms with Crippen molar-refractivity contribution >= 4 is 15.9 Å². The number of urea groups is 1. The van der Waals surface area contributed by atoms with E-state index in [9.17, 15) is 13.2 Å². The largest absolute Gasteiger partial charge is 0.464 e. The van der Waals surface area contributed by atoms with Gasteiger partial charge in [-0.05, 0) is 38.3 Å². The minimum atomic E-state index is -2.99. The molecule has 1 aromatic rings. The van der Waals surface area contributed by atoms with E-state index in [0.717, 1.165) is 37.2 Å². The molecule has 23 heavy (non-hydrogen) atoms. The minimum Gasteiger partial charge on any atom is -0.464 e. The van der Waals surface area contributed by atoms with Crippen molar-refractivity contribution in [1.29, 1.82) is 0 Å². The lowest BCUT2D eigenvalue weighted by Crippen LogP contribution is -2.46. The summed E-state index contributed by atoms with van der Waals surface area (Å²) in [6.45, 7) is 2.57. The zero-order chi connectivity index (χ0) is 16.4. The van der Waals surface area contributed by atoms with Gasteiger partial charge in [0.25, 0.3) is 0 Å². The summed E-state index contributed by atoms with van der Waals surface area (Å²) in [7, 11) is -2.99. The number of aryl methyl sites for hydroxylation is 1. The highest BCUT2D eigenvalue weighted by molar-refractivity contribution is 7.91. The number of rotatable bonds is 2. The molecule has 0 aromatic carbocycles. The molecule has 2 atom stereocenters. The van der Waals surface area contributed by atoms with E-state index in [2.05, 4.69) is 5.32 Å². The molecule has 128 valence electrons. The third-order valence-electron chi connectivity index (χ3n) is 4.66. The van der Waals surface area contributed by atoms with E-state index in [1.807, 2.05) is 24.0 Å². The molecular formula is C16H24N2O4S. The Balaban J connectivity index is 1.72. The maximum Gasteiger partial charge on any atom is 0.318 e. The van der Waals surface area contributed by atoms with Gasteiger partial charge in [-0.2, -0.15) is 0 Å². The molecule has 2 aliphatic rings. The Morgan fingerprint density at radius 3 is 2.74 bits per heavy atom. The molecule has 0 aliphatic carbocycles. The zero-order valence-corrected chi connectivity index (χ0v) is 14.3. The first-order chi connectivity index (χ1) is 10.9. The second-order valence-electron chi connectivity index (χ2n) is 6.56. The van der Waals surface area contributed by atoms with Gasteiger partial charge >= 0.3 is 6.03 Å². The van der Waals surface area contributed by atoms with Crippen molar-refractivity contribution in [2.75, 3.05) is 18.1 Å². The van der Waals surface area contributed by atoms with E-state index in [1.165, 1.54) is 0 Å². The van der Waals surface area contributed by atoms with Crippen LogP contribution in [0, 0.1) is 6.92 Å². The first-order valence-corrected chi connectivity index (χ1v) is 10.1. The fourth-order valence-corrected chi connectivity index (χ4v) is 5.12. The summed E-state index contributed by atoms with van der Waals surface area (Å²) in [5.74, 6) is 1.88. The Morgan fingerprint density at radius 2 is 2.09 bits per heavy atom. The number of likely N-dealkylation sites (tertiary alicyclic amines) is 1. The Labute approximate surface area is 137 Å². The molecule has 0 unspecified atom stereocenters. The molecule has 7 heteroatoms. The summed E-state index contributed by atoms with van der Waals surface area (Å²) in [5.41, 5.74) is 0. The predicted molar refractivity (Wildman–Crippen MR) is 87.0 cm³/mol. The van der Waals surface area contributed by atoms with Gasteiger partial charge in [-0.3, -0.25) is 0 Å². The van der Waals surface area contributed by atoms with Crippen LogP contribution in [0.2, 0.25) is 0 Å². The molecule has 6 nitrogen and oxygen atoms in total. The number of hydrogen-bond donors (Lipinski definition) is 1. The van der Waals surface area contributed by atoms with Crippen molar-refractivity contribution in [3.63, 3.8) is 0 Å². The zero-order valence-electron chi connectivity index (χ0n) is 13.5. The van der Waals surface area contributed by atoms with Crippen molar-refractivity contribution in [3.05, 3.63) is 23.7 Å². The SMILES string of the molecule is Cc1ccc([C@@H]2CCCCCN2C(=O)N[C@@H]2CCS(=O)(=O)C2)o1. The Kier molecular flexibility index (Phi) is 4.66. The van der Waals surface area contributed by atoms with Crippen LogP contribution in [0.3, 0.4) is 0 Å². The van der Waals surface area contributed by atoms with E-state index in [-0.39, 0.29) is 29.6 Å². The molecule has 0 radical (unpaired) electrons. The number of nitrogens with one attached hydrogen (secondary N) is 1. The molecule has 2 aliphatic heterocycles. The first kappa shape index (κ1) is 16.4. The third kappa shape index (κ3) is 3.88. The summed E-state index contributed by atoms with van der Waals surface area (Å²) in [4.78, 5) is 14.5. The van der Waals surface area contributed by atoms with Gasteiger partial charge in [-0.15, -0.1) is 0 Å². The van der Waals surface area contributed by atoms with Gasteiger partial charge in [0.05, 0.1) is 17.5 Å². The highest BCUT2D eigenvalue weighted by Gasteiger charge is 2.33. The molecule has 2 amide bonds. The van der Waals surface area contributed by atoms with Crippen LogP contribution in [0.15, 0.2) is 16.5 Å². The number of furan rings is 1. The van der Waals surface area contributed by atoms with E-state index in [4.69, 9.17) is 4.42 Å². The summed E-state index contributed by atoms with van der Waals surface area (Å²) < 4.78 is 28.9. The van der Waals surface area contributed by atoms with E-state index < -0.39 is 9.84 Å². The molecule has 0 bridgehead atoms. The van der Waals surface area contributed by atoms with E-state index >= 15 is 0 Å². The predicted octanol–water partition coefficient (Wildman–Crippen LogP) is 2.40. The molecular weight excluding hydrogens is 316 g/mol. The van der Waals surface area contributed by atoms with Crippen molar-refractivity contribution < 1.29 is 17.6 Å². The van der Waals surface area contributed by atoms with Crippen LogP contribution in [0.5, 0.6) is 0 Å². The number of sulfone groups is 1. The van der Waals surface area contributed by atoms with Crippen LogP contribution in [-0.4, -0.2) is 43.4 Å². The summed E-state index contributed by atoms with van der Waals surface area (Å²) in [6.07, 6.45) is 4.51. The average molecular weight is 340 g/mol. The van der Waals surface area contributed by atoms with Gasteiger partial charge < -0.3 is 14.6 Å². The second kappa shape index (κ2) is 6.55. The molecule has 3 rings (SSSR count). The smallest absolute Gasteiger partial charge is 0.318 e. The second-order valence-corrected chi connectivity index (χ2v) is 8.79. The van der Waals surface area contributed by atoms with Crippen LogP contribution >= 0.6 is 0 Å². The summed E-state index contributed by atoms with van der Waals surface area (Å²) >= 11 is 0. The highest BCUT2D eigenvalue weighted by atomic mass is 32.2. The number of nitrogens with zero attached hydrogens (tertiary/aromatic N) is 1. The molecule has 0 saturated carbocycles. The lowest BCUT2D eigenvalue weighted by Gasteiger charge is -2.30. The number of hydrogen-bond acceptors (Lipinski definition) is 4. The minimum absolute atomic E-state index is 0.0527. The van der Waals surface area contributed by atoms with Crippen molar-refractivity contribution in [1.82, 2.24) is 10.2 Å². The maximum absolute atomic E-state index is 12.7. The van der Waals surface area contributed by atoms with Crippen LogP contribution in [0.4, 0.5) is 4.79 Å². The van der Waals surface area contributed by atoms with Crippen molar-refractivity contribution in [2.45, 2.75) is 51.1 Å². The van der Waals surface area contributed by atoms with Crippen LogP contribution < -0.4 is 5.32 Å². The summed E-state index contributed by atoms with van der Waals surface area (Å²) in [5, 5.41) is 2.90. The van der Waals surface area contributed by atoms with Crippen LogP contribution in [0.1, 0.15) is 49.7 Å². The molecule has 1 N–H and O–H groups in total. The van der Waals surface area contributed by atoms with Gasteiger partial charge in [0.1, 0.15) is 11.5 Å². The molecule has 2 saturated heterocycles. The van der Waals surface area contributed by atoms with Gasteiger partial charge in [-0.1, -0.05) is 12.8 Å². The van der Waals surface area contributed by atoms with Crippen LogP contribution in [0.25, 0.3) is 0 Å². The number of amides is 2. The van der Waals surface area contributed by atoms with Gasteiger partial charge in [-0.25, -0.2) is 13.2 Å². The van der Waals surface area contributed by atoms with E-state index in [1.54, 1.807) is 0 Å². The maximum atomic E-state index is 12.7. The van der Waals surface area contributed by atoms with Crippen LogP contribution in [-0.2, 0) is 9.84 Å². The van der Waals surface area contributed by atoms with Gasteiger partial charge in [0.2, 0.25) is 0 Å². The van der Waals surface area contributed by atoms with Gasteiger partial charge in [0, 0.05) is 12.6 Å². The fraction of sp³-hybridized carbons (Fsp3) is 0.688. The lowest BCUT2D eigenvalue weighted by atomic mass is 10.1. The number of carbonyl (C=O) groups is 1.